The maximum Gasteiger partial charge on any atom is 0.253 e. The molecule has 0 saturated carbocycles. The number of hydrogen-bond acceptors (Lipinski definition) is 4. The second-order valence-electron chi connectivity index (χ2n) is 5.53. The Balaban J connectivity index is 2.79. The lowest BCUT2D eigenvalue weighted by Gasteiger charge is -2.17. The van der Waals surface area contributed by atoms with E-state index in [1.54, 1.807) is 32.4 Å². The van der Waals surface area contributed by atoms with E-state index < -0.39 is 0 Å². The molecule has 0 radical (unpaired) electrons. The molecule has 0 heterocycles. The van der Waals surface area contributed by atoms with Crippen molar-refractivity contribution in [2.45, 2.75) is 26.7 Å². The van der Waals surface area contributed by atoms with Crippen LogP contribution < -0.4 is 9.47 Å². The van der Waals surface area contributed by atoms with Crippen LogP contribution in [0.25, 0.3) is 0 Å². The van der Waals surface area contributed by atoms with Gasteiger partial charge in [0, 0.05) is 19.2 Å². The summed E-state index contributed by atoms with van der Waals surface area (Å²) in [5.74, 6) is 1.62. The van der Waals surface area contributed by atoms with Crippen LogP contribution in [0.3, 0.4) is 0 Å². The van der Waals surface area contributed by atoms with Gasteiger partial charge in [0.15, 0.2) is 11.5 Å². The third kappa shape index (κ3) is 5.28. The summed E-state index contributed by atoms with van der Waals surface area (Å²) >= 11 is 0. The van der Waals surface area contributed by atoms with Gasteiger partial charge < -0.3 is 14.4 Å². The van der Waals surface area contributed by atoms with Gasteiger partial charge in [0.05, 0.1) is 26.2 Å². The van der Waals surface area contributed by atoms with Crippen molar-refractivity contribution in [1.29, 1.82) is 5.26 Å². The molecule has 1 amide bonds. The van der Waals surface area contributed by atoms with Gasteiger partial charge in [-0.1, -0.05) is 13.8 Å². The molecule has 1 aromatic rings. The van der Waals surface area contributed by atoms with Crippen molar-refractivity contribution < 1.29 is 14.3 Å². The maximum absolute atomic E-state index is 12.3. The summed E-state index contributed by atoms with van der Waals surface area (Å²) in [4.78, 5) is 13.8. The largest absolute Gasteiger partial charge is 0.493 e. The smallest absolute Gasteiger partial charge is 0.253 e. The molecule has 0 bridgehead atoms. The van der Waals surface area contributed by atoms with Crippen LogP contribution in [-0.4, -0.2) is 38.1 Å². The maximum atomic E-state index is 12.3. The van der Waals surface area contributed by atoms with E-state index in [1.807, 2.05) is 6.07 Å². The van der Waals surface area contributed by atoms with Crippen molar-refractivity contribution in [1.82, 2.24) is 4.90 Å². The Labute approximate surface area is 132 Å². The van der Waals surface area contributed by atoms with Gasteiger partial charge in [0.2, 0.25) is 0 Å². The van der Waals surface area contributed by atoms with Gasteiger partial charge in [-0.05, 0) is 30.5 Å². The molecule has 0 saturated heterocycles. The molecular formula is C17H24N2O3. The number of carbonyl (C=O) groups is 1. The van der Waals surface area contributed by atoms with Gasteiger partial charge in [-0.15, -0.1) is 0 Å². The van der Waals surface area contributed by atoms with Gasteiger partial charge in [-0.25, -0.2) is 0 Å². The highest BCUT2D eigenvalue weighted by Gasteiger charge is 2.14. The van der Waals surface area contributed by atoms with Crippen LogP contribution in [0, 0.1) is 17.2 Å². The van der Waals surface area contributed by atoms with Crippen LogP contribution in [0.5, 0.6) is 11.5 Å². The molecule has 0 aliphatic carbocycles. The van der Waals surface area contributed by atoms with Crippen LogP contribution in [0.15, 0.2) is 18.2 Å². The molecular weight excluding hydrogens is 280 g/mol. The minimum Gasteiger partial charge on any atom is -0.493 e. The third-order valence-electron chi connectivity index (χ3n) is 3.27. The van der Waals surface area contributed by atoms with Gasteiger partial charge in [0.1, 0.15) is 0 Å². The van der Waals surface area contributed by atoms with Crippen molar-refractivity contribution >= 4 is 5.91 Å². The molecule has 0 fully saturated rings. The Morgan fingerprint density at radius 2 is 2.09 bits per heavy atom. The summed E-state index contributed by atoms with van der Waals surface area (Å²) in [6.07, 6.45) is 1.27. The second kappa shape index (κ2) is 8.93. The number of benzene rings is 1. The number of rotatable bonds is 8. The number of methoxy groups -OCH3 is 1. The molecule has 0 aliphatic rings. The Morgan fingerprint density at radius 3 is 2.68 bits per heavy atom. The highest BCUT2D eigenvalue weighted by Crippen LogP contribution is 2.28. The summed E-state index contributed by atoms with van der Waals surface area (Å²) in [7, 11) is 3.23. The number of nitrogens with zero attached hydrogens (tertiary/aromatic N) is 2. The normalized spacial score (nSPS) is 10.2. The number of ether oxygens (including phenoxy) is 2. The number of amides is 1. The van der Waals surface area contributed by atoms with Gasteiger partial charge in [-0.3, -0.25) is 4.79 Å². The SMILES string of the molecule is COc1cc(C(=O)N(C)CCC#N)ccc1OCCC(C)C. The minimum absolute atomic E-state index is 0.137. The van der Waals surface area contributed by atoms with E-state index in [1.165, 1.54) is 4.90 Å². The van der Waals surface area contributed by atoms with Crippen molar-refractivity contribution in [3.63, 3.8) is 0 Å². The summed E-state index contributed by atoms with van der Waals surface area (Å²) in [6, 6.07) is 7.18. The molecule has 0 aliphatic heterocycles. The third-order valence-corrected chi connectivity index (χ3v) is 3.27. The second-order valence-corrected chi connectivity index (χ2v) is 5.53. The predicted molar refractivity (Wildman–Crippen MR) is 85.1 cm³/mol. The standard InChI is InChI=1S/C17H24N2O3/c1-13(2)8-11-22-15-7-6-14(12-16(15)21-4)17(20)19(3)10-5-9-18/h6-7,12-13H,5,8,10-11H2,1-4H3. The first-order valence-electron chi connectivity index (χ1n) is 7.42. The Morgan fingerprint density at radius 1 is 1.36 bits per heavy atom. The highest BCUT2D eigenvalue weighted by atomic mass is 16.5. The lowest BCUT2D eigenvalue weighted by atomic mass is 10.1. The molecule has 0 unspecified atom stereocenters. The van der Waals surface area contributed by atoms with E-state index >= 15 is 0 Å². The number of carbonyl (C=O) groups excluding carboxylic acids is 1. The number of hydrogen-bond donors (Lipinski definition) is 0. The van der Waals surface area contributed by atoms with Crippen LogP contribution >= 0.6 is 0 Å². The quantitative estimate of drug-likeness (QED) is 0.740. The van der Waals surface area contributed by atoms with Gasteiger partial charge in [0.25, 0.3) is 5.91 Å². The van der Waals surface area contributed by atoms with Crippen molar-refractivity contribution in [2.24, 2.45) is 5.92 Å². The molecule has 1 aromatic carbocycles. The van der Waals surface area contributed by atoms with Crippen molar-refractivity contribution in [2.75, 3.05) is 27.3 Å². The van der Waals surface area contributed by atoms with Gasteiger partial charge >= 0.3 is 0 Å². The Kier molecular flexibility index (Phi) is 7.24. The number of nitriles is 1. The first-order valence-corrected chi connectivity index (χ1v) is 7.42. The monoisotopic (exact) mass is 304 g/mol. The van der Waals surface area contributed by atoms with Crippen LogP contribution in [0.1, 0.15) is 37.0 Å². The molecule has 0 aromatic heterocycles. The summed E-state index contributed by atoms with van der Waals surface area (Å²) < 4.78 is 11.0. The zero-order valence-corrected chi connectivity index (χ0v) is 13.8. The fourth-order valence-corrected chi connectivity index (χ4v) is 1.86. The topological polar surface area (TPSA) is 62.6 Å². The molecule has 0 N–H and O–H groups in total. The highest BCUT2D eigenvalue weighted by molar-refractivity contribution is 5.94. The predicted octanol–water partition coefficient (Wildman–Crippen LogP) is 3.11. The molecule has 22 heavy (non-hydrogen) atoms. The summed E-state index contributed by atoms with van der Waals surface area (Å²) in [5, 5.41) is 8.58. The van der Waals surface area contributed by atoms with Crippen molar-refractivity contribution in [3.8, 4) is 17.6 Å². The molecule has 0 atom stereocenters. The first-order chi connectivity index (χ1) is 10.5. The average molecular weight is 304 g/mol. The first kappa shape index (κ1) is 17.8. The van der Waals surface area contributed by atoms with Crippen LogP contribution in [0.4, 0.5) is 0 Å². The average Bonchev–Trinajstić information content (AvgIpc) is 2.51. The van der Waals surface area contributed by atoms with E-state index in [-0.39, 0.29) is 5.91 Å². The van der Waals surface area contributed by atoms with E-state index in [0.717, 1.165) is 6.42 Å². The Hall–Kier alpha value is -2.22. The zero-order valence-electron chi connectivity index (χ0n) is 13.8. The molecule has 5 nitrogen and oxygen atoms in total. The molecule has 0 spiro atoms. The van der Waals surface area contributed by atoms with Crippen molar-refractivity contribution in [3.05, 3.63) is 23.8 Å². The molecule has 120 valence electrons. The fraction of sp³-hybridized carbons (Fsp3) is 0.529. The van der Waals surface area contributed by atoms with E-state index in [2.05, 4.69) is 13.8 Å². The van der Waals surface area contributed by atoms with E-state index in [4.69, 9.17) is 14.7 Å². The summed E-state index contributed by atoms with van der Waals surface area (Å²) in [6.45, 7) is 5.30. The molecule has 1 rings (SSSR count). The molecule has 5 heteroatoms. The summed E-state index contributed by atoms with van der Waals surface area (Å²) in [5.41, 5.74) is 0.522. The lowest BCUT2D eigenvalue weighted by molar-refractivity contribution is 0.0797. The van der Waals surface area contributed by atoms with Crippen LogP contribution in [0.2, 0.25) is 0 Å². The Bertz CT molecular complexity index is 535. The minimum atomic E-state index is -0.137. The van der Waals surface area contributed by atoms with E-state index in [9.17, 15) is 4.79 Å². The zero-order chi connectivity index (χ0) is 16.5. The van der Waals surface area contributed by atoms with Crippen LogP contribution in [-0.2, 0) is 0 Å². The van der Waals surface area contributed by atoms with Gasteiger partial charge in [-0.2, -0.15) is 5.26 Å². The fourth-order valence-electron chi connectivity index (χ4n) is 1.86. The van der Waals surface area contributed by atoms with E-state index in [0.29, 0.717) is 42.6 Å². The lowest BCUT2D eigenvalue weighted by Crippen LogP contribution is -2.27.